The summed E-state index contributed by atoms with van der Waals surface area (Å²) in [5, 5.41) is 10.7. The fraction of sp³-hybridized carbons (Fsp3) is 0.560. The minimum absolute atomic E-state index is 0.117. The number of anilines is 1. The lowest BCUT2D eigenvalue weighted by atomic mass is 9.93. The molecular weight excluding hydrogens is 466 g/mol. The summed E-state index contributed by atoms with van der Waals surface area (Å²) in [6.45, 7) is 10.5. The molecule has 0 aliphatic heterocycles. The van der Waals surface area contributed by atoms with Crippen LogP contribution in [0.2, 0.25) is 0 Å². The predicted octanol–water partition coefficient (Wildman–Crippen LogP) is 1.81. The fourth-order valence-electron chi connectivity index (χ4n) is 3.04. The zero-order valence-electron chi connectivity index (χ0n) is 21.9. The Hall–Kier alpha value is -3.63. The normalized spacial score (nSPS) is 12.8. The number of carbonyl (C=O) groups is 5. The smallest absolute Gasteiger partial charge is 0.312 e. The van der Waals surface area contributed by atoms with Crippen molar-refractivity contribution in [1.29, 1.82) is 0 Å². The van der Waals surface area contributed by atoms with Crippen LogP contribution in [-0.2, 0) is 30.5 Å². The van der Waals surface area contributed by atoms with Gasteiger partial charge in [0.15, 0.2) is 0 Å². The van der Waals surface area contributed by atoms with Crippen LogP contribution in [0, 0.1) is 11.3 Å². The summed E-state index contributed by atoms with van der Waals surface area (Å²) in [4.78, 5) is 60.5. The number of carbonyl (C=O) groups excluding carboxylic acids is 5. The van der Waals surface area contributed by atoms with Gasteiger partial charge in [0.05, 0.1) is 0 Å². The molecule has 6 N–H and O–H groups in total. The van der Waals surface area contributed by atoms with E-state index in [0.29, 0.717) is 12.1 Å². The van der Waals surface area contributed by atoms with Crippen LogP contribution >= 0.6 is 0 Å². The van der Waals surface area contributed by atoms with E-state index in [9.17, 15) is 24.0 Å². The number of hydrogen-bond donors (Lipinski definition) is 5. The summed E-state index contributed by atoms with van der Waals surface area (Å²) in [6.07, 6.45) is 0.601. The predicted molar refractivity (Wildman–Crippen MR) is 136 cm³/mol. The number of nitrogens with two attached hydrogens (primary N) is 1. The van der Waals surface area contributed by atoms with Crippen molar-refractivity contribution in [3.05, 3.63) is 29.8 Å². The van der Waals surface area contributed by atoms with Gasteiger partial charge >= 0.3 is 12.0 Å². The van der Waals surface area contributed by atoms with E-state index in [1.54, 1.807) is 58.9 Å². The number of ether oxygens (including phenoxy) is 1. The fourth-order valence-corrected chi connectivity index (χ4v) is 3.04. The molecule has 2 unspecified atom stereocenters. The van der Waals surface area contributed by atoms with Crippen LogP contribution in [0.1, 0.15) is 59.9 Å². The lowest BCUT2D eigenvalue weighted by Gasteiger charge is -2.28. The van der Waals surface area contributed by atoms with E-state index >= 15 is 0 Å². The molecule has 2 atom stereocenters. The summed E-state index contributed by atoms with van der Waals surface area (Å²) in [7, 11) is 0. The monoisotopic (exact) mass is 505 g/mol. The van der Waals surface area contributed by atoms with E-state index in [-0.39, 0.29) is 31.4 Å². The molecule has 11 heteroatoms. The molecule has 1 aromatic carbocycles. The Balaban J connectivity index is 2.95. The first-order chi connectivity index (χ1) is 16.7. The SMILES string of the molecule is CC(=O)OCc1ccc(NC(=O)C(CCCNC(N)=O)NC(=O)C(NC(=O)C(C)(C)C)C(C)C)cc1. The zero-order valence-corrected chi connectivity index (χ0v) is 21.9. The van der Waals surface area contributed by atoms with Crippen molar-refractivity contribution >= 4 is 35.4 Å². The van der Waals surface area contributed by atoms with Gasteiger partial charge in [-0.05, 0) is 36.5 Å². The van der Waals surface area contributed by atoms with Crippen LogP contribution in [0.25, 0.3) is 0 Å². The molecule has 5 amide bonds. The summed E-state index contributed by atoms with van der Waals surface area (Å²) in [5.41, 5.74) is 5.64. The van der Waals surface area contributed by atoms with Gasteiger partial charge in [-0.15, -0.1) is 0 Å². The number of hydrogen-bond acceptors (Lipinski definition) is 6. The van der Waals surface area contributed by atoms with Gasteiger partial charge in [-0.3, -0.25) is 19.2 Å². The number of urea groups is 1. The van der Waals surface area contributed by atoms with Crippen molar-refractivity contribution in [2.45, 2.75) is 73.1 Å². The minimum Gasteiger partial charge on any atom is -0.461 e. The molecule has 36 heavy (non-hydrogen) atoms. The first-order valence-electron chi connectivity index (χ1n) is 11.9. The van der Waals surface area contributed by atoms with Crippen molar-refractivity contribution in [2.24, 2.45) is 17.1 Å². The number of primary amides is 1. The molecule has 1 aromatic rings. The van der Waals surface area contributed by atoms with Crippen molar-refractivity contribution < 1.29 is 28.7 Å². The molecule has 0 bridgehead atoms. The van der Waals surface area contributed by atoms with Gasteiger partial charge in [-0.25, -0.2) is 4.79 Å². The second kappa shape index (κ2) is 14.1. The van der Waals surface area contributed by atoms with E-state index in [2.05, 4.69) is 21.3 Å². The lowest BCUT2D eigenvalue weighted by molar-refractivity contribution is -0.142. The molecule has 0 spiro atoms. The summed E-state index contributed by atoms with van der Waals surface area (Å²) < 4.78 is 4.95. The summed E-state index contributed by atoms with van der Waals surface area (Å²) in [5.74, 6) is -1.84. The molecule has 11 nitrogen and oxygen atoms in total. The van der Waals surface area contributed by atoms with Crippen molar-refractivity contribution in [2.75, 3.05) is 11.9 Å². The highest BCUT2D eigenvalue weighted by Gasteiger charge is 2.31. The highest BCUT2D eigenvalue weighted by Crippen LogP contribution is 2.15. The van der Waals surface area contributed by atoms with Gasteiger partial charge in [-0.1, -0.05) is 46.8 Å². The van der Waals surface area contributed by atoms with E-state index in [1.807, 2.05) is 0 Å². The first-order valence-corrected chi connectivity index (χ1v) is 11.9. The van der Waals surface area contributed by atoms with Crippen LogP contribution in [-0.4, -0.2) is 48.4 Å². The first kappa shape index (κ1) is 30.4. The molecular formula is C25H39N5O6. The molecule has 0 saturated carbocycles. The van der Waals surface area contributed by atoms with Gasteiger partial charge in [0.25, 0.3) is 0 Å². The lowest BCUT2D eigenvalue weighted by Crippen LogP contribution is -2.56. The van der Waals surface area contributed by atoms with Crippen LogP contribution in [0.3, 0.4) is 0 Å². The highest BCUT2D eigenvalue weighted by atomic mass is 16.5. The van der Waals surface area contributed by atoms with Crippen molar-refractivity contribution in [1.82, 2.24) is 16.0 Å². The third-order valence-electron chi connectivity index (χ3n) is 5.18. The number of rotatable bonds is 12. The van der Waals surface area contributed by atoms with Gasteiger partial charge in [0.2, 0.25) is 17.7 Å². The van der Waals surface area contributed by atoms with Crippen LogP contribution in [0.4, 0.5) is 10.5 Å². The second-order valence-corrected chi connectivity index (χ2v) is 9.91. The Kier molecular flexibility index (Phi) is 11.9. The number of amides is 5. The molecule has 0 saturated heterocycles. The molecule has 1 rings (SSSR count). The van der Waals surface area contributed by atoms with Crippen molar-refractivity contribution in [3.63, 3.8) is 0 Å². The van der Waals surface area contributed by atoms with E-state index < -0.39 is 41.3 Å². The standard InChI is InChI=1S/C25H39N5O6/c1-15(2)20(30-23(34)25(4,5)6)22(33)29-19(8-7-13-27-24(26)35)21(32)28-18-11-9-17(10-12-18)14-36-16(3)31/h9-12,15,19-20H,7-8,13-14H2,1-6H3,(H,28,32)(H,29,33)(H,30,34)(H3,26,27,35). The Labute approximate surface area is 212 Å². The largest absolute Gasteiger partial charge is 0.461 e. The third kappa shape index (κ3) is 11.2. The maximum Gasteiger partial charge on any atom is 0.312 e. The summed E-state index contributed by atoms with van der Waals surface area (Å²) >= 11 is 0. The molecule has 0 fully saturated rings. The van der Waals surface area contributed by atoms with Crippen LogP contribution in [0.15, 0.2) is 24.3 Å². The Morgan fingerprint density at radius 1 is 0.972 bits per heavy atom. The molecule has 0 aliphatic carbocycles. The second-order valence-electron chi connectivity index (χ2n) is 9.91. The topological polar surface area (TPSA) is 169 Å². The Bertz CT molecular complexity index is 924. The maximum absolute atomic E-state index is 13.1. The molecule has 200 valence electrons. The average Bonchev–Trinajstić information content (AvgIpc) is 2.77. The highest BCUT2D eigenvalue weighted by molar-refractivity contribution is 5.98. The number of benzene rings is 1. The third-order valence-corrected chi connectivity index (χ3v) is 5.18. The molecule has 0 heterocycles. The minimum atomic E-state index is -0.930. The Morgan fingerprint density at radius 2 is 1.58 bits per heavy atom. The number of nitrogens with one attached hydrogen (secondary N) is 4. The van der Waals surface area contributed by atoms with Gasteiger partial charge < -0.3 is 31.7 Å². The van der Waals surface area contributed by atoms with E-state index in [1.165, 1.54) is 6.92 Å². The maximum atomic E-state index is 13.1. The van der Waals surface area contributed by atoms with E-state index in [4.69, 9.17) is 10.5 Å². The van der Waals surface area contributed by atoms with E-state index in [0.717, 1.165) is 5.56 Å². The molecule has 0 aliphatic rings. The van der Waals surface area contributed by atoms with Crippen LogP contribution in [0.5, 0.6) is 0 Å². The van der Waals surface area contributed by atoms with Gasteiger partial charge in [0, 0.05) is 24.6 Å². The summed E-state index contributed by atoms with van der Waals surface area (Å²) in [6, 6.07) is 4.28. The van der Waals surface area contributed by atoms with Crippen molar-refractivity contribution in [3.8, 4) is 0 Å². The van der Waals surface area contributed by atoms with Gasteiger partial charge in [-0.2, -0.15) is 0 Å². The molecule has 0 aromatic heterocycles. The van der Waals surface area contributed by atoms with Gasteiger partial charge in [0.1, 0.15) is 18.7 Å². The zero-order chi connectivity index (χ0) is 27.5. The quantitative estimate of drug-likeness (QED) is 0.214. The Morgan fingerprint density at radius 3 is 2.08 bits per heavy atom. The number of esters is 1. The average molecular weight is 506 g/mol. The van der Waals surface area contributed by atoms with Crippen LogP contribution < -0.4 is 27.0 Å². The molecule has 0 radical (unpaired) electrons.